The summed E-state index contributed by atoms with van der Waals surface area (Å²) >= 11 is 0. The number of nitrogens with zero attached hydrogens (tertiary/aromatic N) is 1. The van der Waals surface area contributed by atoms with Crippen molar-refractivity contribution in [3.8, 4) is 5.75 Å². The molecule has 3 rings (SSSR count). The predicted octanol–water partition coefficient (Wildman–Crippen LogP) is 2.59. The van der Waals surface area contributed by atoms with Crippen molar-refractivity contribution in [2.45, 2.75) is 6.61 Å². The average molecular weight is 225 g/mol. The molecule has 84 valence electrons. The number of fused-ring (bicyclic) bond motifs is 2. The Morgan fingerprint density at radius 3 is 2.65 bits per heavy atom. The zero-order valence-corrected chi connectivity index (χ0v) is 9.09. The molecule has 0 aliphatic rings. The van der Waals surface area contributed by atoms with Crippen molar-refractivity contribution in [3.63, 3.8) is 0 Å². The summed E-state index contributed by atoms with van der Waals surface area (Å²) < 4.78 is 0. The van der Waals surface area contributed by atoms with Crippen LogP contribution in [0.3, 0.4) is 0 Å². The fraction of sp³-hybridized carbons (Fsp3) is 0.0714. The molecule has 3 aromatic rings. The standard InChI is InChI=1S/C14H11NO2/c16-8-9-5-11-7-10-3-1-2-4-12(10)15-14(11)13(17)6-9/h1-7,16-17H,8H2. The smallest absolute Gasteiger partial charge is 0.142 e. The third-order valence-corrected chi connectivity index (χ3v) is 2.84. The largest absolute Gasteiger partial charge is 0.506 e. The molecule has 2 N–H and O–H groups in total. The van der Waals surface area contributed by atoms with E-state index in [4.69, 9.17) is 5.11 Å². The number of benzene rings is 2. The van der Waals surface area contributed by atoms with Crippen LogP contribution in [0.2, 0.25) is 0 Å². The van der Waals surface area contributed by atoms with Crippen molar-refractivity contribution in [1.82, 2.24) is 4.98 Å². The number of aliphatic hydroxyl groups excluding tert-OH is 1. The number of rotatable bonds is 1. The second kappa shape index (κ2) is 3.71. The van der Waals surface area contributed by atoms with Crippen molar-refractivity contribution in [3.05, 3.63) is 48.0 Å². The number of phenolic OH excluding ortho intramolecular Hbond substituents is 1. The highest BCUT2D eigenvalue weighted by Crippen LogP contribution is 2.27. The molecule has 0 unspecified atom stereocenters. The van der Waals surface area contributed by atoms with Gasteiger partial charge < -0.3 is 10.2 Å². The van der Waals surface area contributed by atoms with Crippen LogP contribution in [0.1, 0.15) is 5.56 Å². The molecular formula is C14H11NO2. The lowest BCUT2D eigenvalue weighted by molar-refractivity contribution is 0.281. The first-order chi connectivity index (χ1) is 8.28. The van der Waals surface area contributed by atoms with E-state index in [1.807, 2.05) is 36.4 Å². The van der Waals surface area contributed by atoms with Crippen LogP contribution < -0.4 is 0 Å². The summed E-state index contributed by atoms with van der Waals surface area (Å²) in [7, 11) is 0. The minimum absolute atomic E-state index is 0.0870. The first-order valence-electron chi connectivity index (χ1n) is 5.40. The van der Waals surface area contributed by atoms with Crippen LogP contribution in [0.4, 0.5) is 0 Å². The van der Waals surface area contributed by atoms with Crippen molar-refractivity contribution >= 4 is 21.8 Å². The van der Waals surface area contributed by atoms with Crippen LogP contribution in [-0.2, 0) is 6.61 Å². The Morgan fingerprint density at radius 1 is 1.00 bits per heavy atom. The van der Waals surface area contributed by atoms with Gasteiger partial charge in [0.1, 0.15) is 11.3 Å². The van der Waals surface area contributed by atoms with Crippen molar-refractivity contribution in [2.24, 2.45) is 0 Å². The minimum Gasteiger partial charge on any atom is -0.506 e. The van der Waals surface area contributed by atoms with Crippen LogP contribution in [0.5, 0.6) is 5.75 Å². The molecule has 0 aliphatic carbocycles. The summed E-state index contributed by atoms with van der Waals surface area (Å²) in [6, 6.07) is 13.1. The zero-order valence-electron chi connectivity index (χ0n) is 9.09. The van der Waals surface area contributed by atoms with E-state index in [9.17, 15) is 5.11 Å². The van der Waals surface area contributed by atoms with Gasteiger partial charge in [0.2, 0.25) is 0 Å². The SMILES string of the molecule is OCc1cc(O)c2nc3ccccc3cc2c1. The number of hydrogen-bond donors (Lipinski definition) is 2. The molecule has 0 saturated carbocycles. The number of aromatic hydroxyl groups is 1. The fourth-order valence-corrected chi connectivity index (χ4v) is 2.02. The topological polar surface area (TPSA) is 53.4 Å². The molecule has 0 atom stereocenters. The van der Waals surface area contributed by atoms with Gasteiger partial charge in [-0.1, -0.05) is 18.2 Å². The molecule has 0 aliphatic heterocycles. The molecule has 17 heavy (non-hydrogen) atoms. The predicted molar refractivity (Wildman–Crippen MR) is 66.8 cm³/mol. The van der Waals surface area contributed by atoms with E-state index in [0.29, 0.717) is 11.1 Å². The summed E-state index contributed by atoms with van der Waals surface area (Å²) in [4.78, 5) is 4.42. The number of para-hydroxylation sites is 1. The Balaban J connectivity index is 2.43. The number of aliphatic hydroxyl groups is 1. The van der Waals surface area contributed by atoms with Gasteiger partial charge in [-0.3, -0.25) is 0 Å². The Hall–Kier alpha value is -2.13. The van der Waals surface area contributed by atoms with Gasteiger partial charge >= 0.3 is 0 Å². The molecular weight excluding hydrogens is 214 g/mol. The van der Waals surface area contributed by atoms with E-state index < -0.39 is 0 Å². The van der Waals surface area contributed by atoms with E-state index in [1.54, 1.807) is 6.07 Å². The fourth-order valence-electron chi connectivity index (χ4n) is 2.02. The Labute approximate surface area is 98.0 Å². The van der Waals surface area contributed by atoms with Gasteiger partial charge in [0.25, 0.3) is 0 Å². The molecule has 0 radical (unpaired) electrons. The van der Waals surface area contributed by atoms with E-state index in [0.717, 1.165) is 16.3 Å². The quantitative estimate of drug-likeness (QED) is 0.626. The normalized spacial score (nSPS) is 11.1. The summed E-state index contributed by atoms with van der Waals surface area (Å²) in [6.45, 7) is -0.0870. The van der Waals surface area contributed by atoms with Crippen molar-refractivity contribution < 1.29 is 10.2 Å². The van der Waals surface area contributed by atoms with E-state index in [2.05, 4.69) is 4.98 Å². The van der Waals surface area contributed by atoms with Crippen LogP contribution in [0.25, 0.3) is 21.8 Å². The highest BCUT2D eigenvalue weighted by atomic mass is 16.3. The lowest BCUT2D eigenvalue weighted by atomic mass is 10.1. The lowest BCUT2D eigenvalue weighted by Crippen LogP contribution is -1.87. The second-order valence-corrected chi connectivity index (χ2v) is 4.03. The first kappa shape index (κ1) is 10.1. The van der Waals surface area contributed by atoms with Gasteiger partial charge in [-0.15, -0.1) is 0 Å². The molecule has 0 amide bonds. The van der Waals surface area contributed by atoms with Gasteiger partial charge in [0, 0.05) is 10.8 Å². The van der Waals surface area contributed by atoms with Crippen LogP contribution in [0, 0.1) is 0 Å². The van der Waals surface area contributed by atoms with Gasteiger partial charge in [-0.2, -0.15) is 0 Å². The molecule has 0 fully saturated rings. The molecule has 0 bridgehead atoms. The minimum atomic E-state index is -0.0870. The first-order valence-corrected chi connectivity index (χ1v) is 5.40. The average Bonchev–Trinajstić information content (AvgIpc) is 2.36. The highest BCUT2D eigenvalue weighted by molar-refractivity contribution is 5.95. The number of aromatic nitrogens is 1. The number of hydrogen-bond acceptors (Lipinski definition) is 3. The molecule has 2 aromatic carbocycles. The summed E-state index contributed by atoms with van der Waals surface area (Å²) in [5.41, 5.74) is 2.11. The molecule has 1 aromatic heterocycles. The zero-order chi connectivity index (χ0) is 11.8. The van der Waals surface area contributed by atoms with Crippen molar-refractivity contribution in [2.75, 3.05) is 0 Å². The monoisotopic (exact) mass is 225 g/mol. The highest BCUT2D eigenvalue weighted by Gasteiger charge is 2.05. The Morgan fingerprint density at radius 2 is 1.82 bits per heavy atom. The number of pyridine rings is 1. The summed E-state index contributed by atoms with van der Waals surface area (Å²) in [5, 5.41) is 20.8. The molecule has 0 spiro atoms. The maximum atomic E-state index is 9.87. The van der Waals surface area contributed by atoms with E-state index in [1.165, 1.54) is 0 Å². The van der Waals surface area contributed by atoms with Crippen molar-refractivity contribution in [1.29, 1.82) is 0 Å². The lowest BCUT2D eigenvalue weighted by Gasteiger charge is -2.05. The second-order valence-electron chi connectivity index (χ2n) is 4.03. The number of phenols is 1. The van der Waals surface area contributed by atoms with E-state index >= 15 is 0 Å². The Kier molecular flexibility index (Phi) is 2.20. The van der Waals surface area contributed by atoms with Crippen LogP contribution >= 0.6 is 0 Å². The third kappa shape index (κ3) is 1.61. The third-order valence-electron chi connectivity index (χ3n) is 2.84. The molecule has 0 saturated heterocycles. The van der Waals surface area contributed by atoms with Gasteiger partial charge in [-0.25, -0.2) is 4.98 Å². The molecule has 3 nitrogen and oxygen atoms in total. The molecule has 3 heteroatoms. The van der Waals surface area contributed by atoms with Gasteiger partial charge in [0.05, 0.1) is 12.1 Å². The van der Waals surface area contributed by atoms with Gasteiger partial charge in [-0.05, 0) is 29.8 Å². The maximum Gasteiger partial charge on any atom is 0.142 e. The summed E-state index contributed by atoms with van der Waals surface area (Å²) in [6.07, 6.45) is 0. The van der Waals surface area contributed by atoms with Crippen LogP contribution in [-0.4, -0.2) is 15.2 Å². The maximum absolute atomic E-state index is 9.87. The molecule has 1 heterocycles. The Bertz CT molecular complexity index is 707. The summed E-state index contributed by atoms with van der Waals surface area (Å²) in [5.74, 6) is 0.109. The van der Waals surface area contributed by atoms with Gasteiger partial charge in [0.15, 0.2) is 0 Å². The van der Waals surface area contributed by atoms with Crippen LogP contribution in [0.15, 0.2) is 42.5 Å². The van der Waals surface area contributed by atoms with E-state index in [-0.39, 0.29) is 12.4 Å².